The van der Waals surface area contributed by atoms with Gasteiger partial charge in [0.05, 0.1) is 12.6 Å². The molecule has 0 saturated carbocycles. The van der Waals surface area contributed by atoms with Crippen molar-refractivity contribution in [1.82, 2.24) is 0 Å². The summed E-state index contributed by atoms with van der Waals surface area (Å²) in [6, 6.07) is 5.79. The number of rotatable bonds is 3. The molecule has 1 unspecified atom stereocenters. The van der Waals surface area contributed by atoms with E-state index in [-0.39, 0.29) is 6.04 Å². The van der Waals surface area contributed by atoms with E-state index in [0.717, 1.165) is 14.5 Å². The van der Waals surface area contributed by atoms with Crippen LogP contribution in [0.3, 0.4) is 0 Å². The Balaban J connectivity index is 2.98. The Morgan fingerprint density at radius 1 is 1.38 bits per heavy atom. The molecular formula is C9H11Br2NO. The molecule has 0 fully saturated rings. The average Bonchev–Trinajstić information content (AvgIpc) is 2.04. The Hall–Kier alpha value is 0.1000. The lowest BCUT2D eigenvalue weighted by Gasteiger charge is -2.14. The minimum Gasteiger partial charge on any atom is -0.383 e. The highest BCUT2D eigenvalue weighted by Crippen LogP contribution is 2.29. The normalized spacial score (nSPS) is 12.9. The maximum absolute atomic E-state index is 5.92. The van der Waals surface area contributed by atoms with Crippen molar-refractivity contribution >= 4 is 31.9 Å². The van der Waals surface area contributed by atoms with Gasteiger partial charge >= 0.3 is 0 Å². The summed E-state index contributed by atoms with van der Waals surface area (Å²) in [7, 11) is 1.64. The number of hydrogen-bond acceptors (Lipinski definition) is 2. The van der Waals surface area contributed by atoms with E-state index >= 15 is 0 Å². The fraction of sp³-hybridized carbons (Fsp3) is 0.333. The molecule has 0 aliphatic carbocycles. The topological polar surface area (TPSA) is 35.2 Å². The number of methoxy groups -OCH3 is 1. The molecule has 0 radical (unpaired) electrons. The summed E-state index contributed by atoms with van der Waals surface area (Å²) in [6.45, 7) is 0.515. The molecule has 0 spiro atoms. The van der Waals surface area contributed by atoms with Gasteiger partial charge in [0.1, 0.15) is 0 Å². The largest absolute Gasteiger partial charge is 0.383 e. The zero-order chi connectivity index (χ0) is 9.84. The predicted octanol–water partition coefficient (Wildman–Crippen LogP) is 2.86. The highest BCUT2D eigenvalue weighted by Gasteiger charge is 2.12. The zero-order valence-electron chi connectivity index (χ0n) is 7.26. The molecule has 2 N–H and O–H groups in total. The Morgan fingerprint density at radius 2 is 1.92 bits per heavy atom. The lowest BCUT2D eigenvalue weighted by Crippen LogP contribution is -2.17. The van der Waals surface area contributed by atoms with Crippen LogP contribution in [0.5, 0.6) is 0 Å². The molecule has 0 heterocycles. The van der Waals surface area contributed by atoms with Crippen LogP contribution >= 0.6 is 31.9 Å². The molecule has 1 atom stereocenters. The van der Waals surface area contributed by atoms with Crippen molar-refractivity contribution in [3.8, 4) is 0 Å². The summed E-state index contributed by atoms with van der Waals surface area (Å²) in [5.41, 5.74) is 6.97. The van der Waals surface area contributed by atoms with Crippen molar-refractivity contribution < 1.29 is 4.74 Å². The van der Waals surface area contributed by atoms with Gasteiger partial charge < -0.3 is 10.5 Å². The predicted molar refractivity (Wildman–Crippen MR) is 60.6 cm³/mol. The second kappa shape index (κ2) is 5.10. The van der Waals surface area contributed by atoms with Crippen LogP contribution in [0.25, 0.3) is 0 Å². The van der Waals surface area contributed by atoms with Gasteiger partial charge in [-0.15, -0.1) is 0 Å². The molecule has 1 aromatic carbocycles. The summed E-state index contributed by atoms with van der Waals surface area (Å²) >= 11 is 6.90. The van der Waals surface area contributed by atoms with Gasteiger partial charge in [-0.05, 0) is 17.7 Å². The van der Waals surface area contributed by atoms with Crippen molar-refractivity contribution in [2.24, 2.45) is 5.73 Å². The van der Waals surface area contributed by atoms with Crippen molar-refractivity contribution in [2.75, 3.05) is 13.7 Å². The molecule has 1 rings (SSSR count). The van der Waals surface area contributed by atoms with E-state index in [1.165, 1.54) is 0 Å². The molecule has 2 nitrogen and oxygen atoms in total. The van der Waals surface area contributed by atoms with Gasteiger partial charge in [-0.1, -0.05) is 37.9 Å². The molecule has 0 aliphatic rings. The third-order valence-electron chi connectivity index (χ3n) is 1.72. The highest BCUT2D eigenvalue weighted by molar-refractivity contribution is 9.11. The van der Waals surface area contributed by atoms with Crippen LogP contribution in [0.1, 0.15) is 11.6 Å². The van der Waals surface area contributed by atoms with Gasteiger partial charge in [0.15, 0.2) is 0 Å². The molecular weight excluding hydrogens is 298 g/mol. The molecule has 1 aromatic rings. The molecule has 0 bridgehead atoms. The number of ether oxygens (including phenoxy) is 1. The standard InChI is InChI=1S/C9H11Br2NO/c1-13-5-8(12)9-6(10)3-2-4-7(9)11/h2-4,8H,5,12H2,1H3. The maximum atomic E-state index is 5.92. The van der Waals surface area contributed by atoms with E-state index in [2.05, 4.69) is 31.9 Å². The van der Waals surface area contributed by atoms with E-state index in [1.807, 2.05) is 18.2 Å². The molecule has 4 heteroatoms. The van der Waals surface area contributed by atoms with Crippen LogP contribution in [0.4, 0.5) is 0 Å². The smallest absolute Gasteiger partial charge is 0.0656 e. The molecule has 0 aliphatic heterocycles. The van der Waals surface area contributed by atoms with Gasteiger partial charge in [-0.2, -0.15) is 0 Å². The molecule has 13 heavy (non-hydrogen) atoms. The van der Waals surface area contributed by atoms with Gasteiger partial charge in [-0.3, -0.25) is 0 Å². The molecule has 72 valence electrons. The van der Waals surface area contributed by atoms with Crippen LogP contribution in [-0.2, 0) is 4.74 Å². The van der Waals surface area contributed by atoms with Crippen LogP contribution < -0.4 is 5.73 Å². The van der Waals surface area contributed by atoms with E-state index < -0.39 is 0 Å². The number of halogens is 2. The van der Waals surface area contributed by atoms with E-state index in [1.54, 1.807) is 7.11 Å². The number of hydrogen-bond donors (Lipinski definition) is 1. The van der Waals surface area contributed by atoms with Crippen LogP contribution in [0.2, 0.25) is 0 Å². The van der Waals surface area contributed by atoms with Gasteiger partial charge in [0.25, 0.3) is 0 Å². The minimum absolute atomic E-state index is 0.102. The molecule has 0 saturated heterocycles. The van der Waals surface area contributed by atoms with Crippen LogP contribution in [0.15, 0.2) is 27.1 Å². The fourth-order valence-corrected chi connectivity index (χ4v) is 2.71. The van der Waals surface area contributed by atoms with Gasteiger partial charge in [0, 0.05) is 16.1 Å². The quantitative estimate of drug-likeness (QED) is 0.932. The Bertz CT molecular complexity index is 271. The SMILES string of the molecule is COCC(N)c1c(Br)cccc1Br. The lowest BCUT2D eigenvalue weighted by molar-refractivity contribution is 0.180. The summed E-state index contributed by atoms with van der Waals surface area (Å²) in [5, 5.41) is 0. The second-order valence-electron chi connectivity index (χ2n) is 2.70. The van der Waals surface area contributed by atoms with Gasteiger partial charge in [-0.25, -0.2) is 0 Å². The van der Waals surface area contributed by atoms with Crippen molar-refractivity contribution in [3.05, 3.63) is 32.7 Å². The fourth-order valence-electron chi connectivity index (χ4n) is 1.13. The highest BCUT2D eigenvalue weighted by atomic mass is 79.9. The van der Waals surface area contributed by atoms with E-state index in [4.69, 9.17) is 10.5 Å². The third-order valence-corrected chi connectivity index (χ3v) is 3.10. The summed E-state index contributed by atoms with van der Waals surface area (Å²) in [5.74, 6) is 0. The Morgan fingerprint density at radius 3 is 2.38 bits per heavy atom. The first-order valence-electron chi connectivity index (χ1n) is 3.85. The maximum Gasteiger partial charge on any atom is 0.0656 e. The minimum atomic E-state index is -0.102. The van der Waals surface area contributed by atoms with Crippen LogP contribution in [-0.4, -0.2) is 13.7 Å². The first-order valence-corrected chi connectivity index (χ1v) is 5.44. The third kappa shape index (κ3) is 2.77. The first-order chi connectivity index (χ1) is 6.16. The lowest BCUT2D eigenvalue weighted by atomic mass is 10.1. The van der Waals surface area contributed by atoms with E-state index in [9.17, 15) is 0 Å². The Kier molecular flexibility index (Phi) is 4.38. The number of benzene rings is 1. The average molecular weight is 309 g/mol. The number of nitrogens with two attached hydrogens (primary N) is 1. The van der Waals surface area contributed by atoms with Gasteiger partial charge in [0.2, 0.25) is 0 Å². The summed E-state index contributed by atoms with van der Waals surface area (Å²) in [4.78, 5) is 0. The first kappa shape index (κ1) is 11.2. The summed E-state index contributed by atoms with van der Waals surface area (Å²) in [6.07, 6.45) is 0. The monoisotopic (exact) mass is 307 g/mol. The van der Waals surface area contributed by atoms with Crippen molar-refractivity contribution in [1.29, 1.82) is 0 Å². The Labute approximate surface area is 94.7 Å². The zero-order valence-corrected chi connectivity index (χ0v) is 10.4. The molecule has 0 amide bonds. The van der Waals surface area contributed by atoms with E-state index in [0.29, 0.717) is 6.61 Å². The molecule has 0 aromatic heterocycles. The van der Waals surface area contributed by atoms with Crippen molar-refractivity contribution in [3.63, 3.8) is 0 Å². The summed E-state index contributed by atoms with van der Waals surface area (Å²) < 4.78 is 7.01. The second-order valence-corrected chi connectivity index (χ2v) is 4.41. The van der Waals surface area contributed by atoms with Crippen LogP contribution in [0, 0.1) is 0 Å². The van der Waals surface area contributed by atoms with Crippen molar-refractivity contribution in [2.45, 2.75) is 6.04 Å².